The van der Waals surface area contributed by atoms with Crippen molar-refractivity contribution in [3.05, 3.63) is 63.0 Å². The third-order valence-electron chi connectivity index (χ3n) is 3.34. The maximum atomic E-state index is 12.2. The predicted octanol–water partition coefficient (Wildman–Crippen LogP) is 4.55. The number of carbonyl (C=O) groups is 1. The number of rotatable bonds is 3. The molecule has 3 rings (SSSR count). The number of fused-ring (bicyclic) bond motifs is 1. The summed E-state index contributed by atoms with van der Waals surface area (Å²) in [6.07, 6.45) is 1.58. The first-order chi connectivity index (χ1) is 10.1. The van der Waals surface area contributed by atoms with Crippen molar-refractivity contribution in [2.75, 3.05) is 0 Å². The topological polar surface area (TPSA) is 42.0 Å². The summed E-state index contributed by atoms with van der Waals surface area (Å²) in [6, 6.07) is 14.3. The molecule has 0 fully saturated rings. The van der Waals surface area contributed by atoms with Crippen LogP contribution in [0.5, 0.6) is 0 Å². The van der Waals surface area contributed by atoms with E-state index in [0.29, 0.717) is 8.79 Å². The maximum absolute atomic E-state index is 12.2. The van der Waals surface area contributed by atoms with Gasteiger partial charge in [-0.05, 0) is 39.2 Å². The number of aromatic nitrogens is 1. The summed E-state index contributed by atoms with van der Waals surface area (Å²) < 4.78 is 0.713. The number of thiazole rings is 1. The summed E-state index contributed by atoms with van der Waals surface area (Å²) in [7, 11) is 0. The second-order valence-electron chi connectivity index (χ2n) is 4.74. The summed E-state index contributed by atoms with van der Waals surface area (Å²) in [5, 5.41) is 5.37. The molecule has 1 aromatic heterocycles. The minimum absolute atomic E-state index is 0.0653. The number of carbonyl (C=O) groups excluding carboxylic acids is 1. The summed E-state index contributed by atoms with van der Waals surface area (Å²) in [5.41, 5.74) is 1.12. The molecule has 1 amide bonds. The second-order valence-corrected chi connectivity index (χ2v) is 7.05. The molecule has 3 aromatic rings. The van der Waals surface area contributed by atoms with Crippen molar-refractivity contribution < 1.29 is 4.79 Å². The Morgan fingerprint density at radius 3 is 2.76 bits per heavy atom. The highest BCUT2D eigenvalue weighted by atomic mass is 79.9. The molecule has 1 heterocycles. The molecule has 0 aliphatic rings. The Morgan fingerprint density at radius 2 is 2.00 bits per heavy atom. The molecule has 3 nitrogen and oxygen atoms in total. The van der Waals surface area contributed by atoms with Gasteiger partial charge in [0.05, 0.1) is 12.2 Å². The van der Waals surface area contributed by atoms with Gasteiger partial charge in [0.1, 0.15) is 4.88 Å². The van der Waals surface area contributed by atoms with Crippen molar-refractivity contribution in [1.29, 1.82) is 0 Å². The highest BCUT2D eigenvalue weighted by Gasteiger charge is 2.15. The van der Waals surface area contributed by atoms with E-state index in [0.717, 1.165) is 5.56 Å². The van der Waals surface area contributed by atoms with Crippen LogP contribution in [-0.4, -0.2) is 10.9 Å². The van der Waals surface area contributed by atoms with E-state index >= 15 is 0 Å². The highest BCUT2D eigenvalue weighted by Crippen LogP contribution is 2.25. The van der Waals surface area contributed by atoms with E-state index < -0.39 is 0 Å². The van der Waals surface area contributed by atoms with E-state index in [2.05, 4.69) is 50.5 Å². The van der Waals surface area contributed by atoms with Crippen molar-refractivity contribution in [1.82, 2.24) is 10.3 Å². The van der Waals surface area contributed by atoms with E-state index in [1.54, 1.807) is 6.20 Å². The first-order valence-corrected chi connectivity index (χ1v) is 8.16. The van der Waals surface area contributed by atoms with Crippen LogP contribution in [0.25, 0.3) is 10.8 Å². The fraction of sp³-hybridized carbons (Fsp3) is 0.125. The van der Waals surface area contributed by atoms with Crippen LogP contribution in [0.1, 0.15) is 28.2 Å². The van der Waals surface area contributed by atoms with E-state index in [1.807, 2.05) is 25.1 Å². The zero-order chi connectivity index (χ0) is 14.8. The molecule has 1 N–H and O–H groups in total. The summed E-state index contributed by atoms with van der Waals surface area (Å²) >= 11 is 4.60. The molecule has 0 bridgehead atoms. The molecule has 0 aliphatic heterocycles. The van der Waals surface area contributed by atoms with E-state index in [1.165, 1.54) is 22.1 Å². The lowest BCUT2D eigenvalue weighted by Crippen LogP contribution is -2.26. The van der Waals surface area contributed by atoms with Crippen LogP contribution in [0.4, 0.5) is 0 Å². The van der Waals surface area contributed by atoms with Crippen molar-refractivity contribution in [3.63, 3.8) is 0 Å². The summed E-state index contributed by atoms with van der Waals surface area (Å²) in [5.74, 6) is -0.0985. The molecular formula is C16H13BrN2OS. The smallest absolute Gasteiger partial charge is 0.263 e. The van der Waals surface area contributed by atoms with Crippen LogP contribution < -0.4 is 5.32 Å². The van der Waals surface area contributed by atoms with Crippen molar-refractivity contribution >= 4 is 43.9 Å². The van der Waals surface area contributed by atoms with Gasteiger partial charge in [0.2, 0.25) is 0 Å². The molecule has 1 atom stereocenters. The molecule has 106 valence electrons. The standard InChI is InChI=1S/C16H13BrN2OS/c1-10(19-15(20)14-9-18-16(17)21-14)12-8-4-6-11-5-2-3-7-13(11)12/h2-10H,1H3,(H,19,20)/t10-/m1/s1. The van der Waals surface area contributed by atoms with Gasteiger partial charge in [-0.3, -0.25) is 4.79 Å². The number of hydrogen-bond acceptors (Lipinski definition) is 3. The molecule has 0 unspecified atom stereocenters. The van der Waals surface area contributed by atoms with Crippen molar-refractivity contribution in [2.24, 2.45) is 0 Å². The quantitative estimate of drug-likeness (QED) is 0.744. The van der Waals surface area contributed by atoms with Gasteiger partial charge in [-0.25, -0.2) is 4.98 Å². The van der Waals surface area contributed by atoms with Crippen LogP contribution in [-0.2, 0) is 0 Å². The summed E-state index contributed by atoms with van der Waals surface area (Å²) in [6.45, 7) is 2.00. The Kier molecular flexibility index (Phi) is 4.03. The fourth-order valence-electron chi connectivity index (χ4n) is 2.33. The molecular weight excluding hydrogens is 348 g/mol. The largest absolute Gasteiger partial charge is 0.345 e. The molecule has 0 saturated heterocycles. The summed E-state index contributed by atoms with van der Waals surface area (Å²) in [4.78, 5) is 16.9. The molecule has 0 spiro atoms. The first kappa shape index (κ1) is 14.2. The average Bonchev–Trinajstić information content (AvgIpc) is 2.93. The van der Waals surface area contributed by atoms with E-state index in [-0.39, 0.29) is 11.9 Å². The number of benzene rings is 2. The van der Waals surface area contributed by atoms with Crippen LogP contribution in [0, 0.1) is 0 Å². The molecule has 0 saturated carbocycles. The minimum Gasteiger partial charge on any atom is -0.345 e. The van der Waals surface area contributed by atoms with Gasteiger partial charge in [0.25, 0.3) is 5.91 Å². The number of nitrogens with one attached hydrogen (secondary N) is 1. The van der Waals surface area contributed by atoms with Crippen LogP contribution in [0.2, 0.25) is 0 Å². The zero-order valence-electron chi connectivity index (χ0n) is 11.3. The van der Waals surface area contributed by atoms with Gasteiger partial charge < -0.3 is 5.32 Å². The monoisotopic (exact) mass is 360 g/mol. The molecule has 0 radical (unpaired) electrons. The fourth-order valence-corrected chi connectivity index (χ4v) is 3.50. The van der Waals surface area contributed by atoms with Gasteiger partial charge in [-0.15, -0.1) is 11.3 Å². The number of halogens is 1. The van der Waals surface area contributed by atoms with Gasteiger partial charge >= 0.3 is 0 Å². The molecule has 5 heteroatoms. The molecule has 2 aromatic carbocycles. The van der Waals surface area contributed by atoms with Crippen LogP contribution >= 0.6 is 27.3 Å². The van der Waals surface area contributed by atoms with Crippen LogP contribution in [0.15, 0.2) is 52.6 Å². The lowest BCUT2D eigenvalue weighted by Gasteiger charge is -2.16. The van der Waals surface area contributed by atoms with E-state index in [9.17, 15) is 4.79 Å². The Balaban J connectivity index is 1.87. The highest BCUT2D eigenvalue weighted by molar-refractivity contribution is 9.11. The van der Waals surface area contributed by atoms with Gasteiger partial charge in [0.15, 0.2) is 3.92 Å². The molecule has 21 heavy (non-hydrogen) atoms. The second kappa shape index (κ2) is 5.95. The Labute approximate surface area is 135 Å². The van der Waals surface area contributed by atoms with Crippen molar-refractivity contribution in [3.8, 4) is 0 Å². The lowest BCUT2D eigenvalue weighted by atomic mass is 10.00. The SMILES string of the molecule is C[C@@H](NC(=O)c1cnc(Br)s1)c1cccc2ccccc12. The average molecular weight is 361 g/mol. The molecule has 0 aliphatic carbocycles. The third-order valence-corrected chi connectivity index (χ3v) is 4.81. The van der Waals surface area contributed by atoms with Gasteiger partial charge in [-0.1, -0.05) is 42.5 Å². The third kappa shape index (κ3) is 2.99. The predicted molar refractivity (Wildman–Crippen MR) is 89.6 cm³/mol. The minimum atomic E-state index is -0.0985. The zero-order valence-corrected chi connectivity index (χ0v) is 13.7. The number of amides is 1. The lowest BCUT2D eigenvalue weighted by molar-refractivity contribution is 0.0944. The Morgan fingerprint density at radius 1 is 1.24 bits per heavy atom. The first-order valence-electron chi connectivity index (χ1n) is 6.55. The normalized spacial score (nSPS) is 12.3. The number of nitrogens with zero attached hydrogens (tertiary/aromatic N) is 1. The maximum Gasteiger partial charge on any atom is 0.263 e. The Hall–Kier alpha value is -1.72. The number of hydrogen-bond donors (Lipinski definition) is 1. The van der Waals surface area contributed by atoms with Crippen LogP contribution in [0.3, 0.4) is 0 Å². The van der Waals surface area contributed by atoms with Gasteiger partial charge in [-0.2, -0.15) is 0 Å². The van der Waals surface area contributed by atoms with Gasteiger partial charge in [0, 0.05) is 0 Å². The Bertz CT molecular complexity index is 794. The van der Waals surface area contributed by atoms with Crippen molar-refractivity contribution in [2.45, 2.75) is 13.0 Å². The van der Waals surface area contributed by atoms with E-state index in [4.69, 9.17) is 0 Å².